The maximum atomic E-state index is 13.9. The lowest BCUT2D eigenvalue weighted by molar-refractivity contribution is -0.143. The Morgan fingerprint density at radius 3 is 2.35 bits per heavy atom. The van der Waals surface area contributed by atoms with Crippen LogP contribution >= 0.6 is 11.3 Å². The van der Waals surface area contributed by atoms with Gasteiger partial charge in [0.2, 0.25) is 0 Å². The molecule has 224 valence electrons. The molecule has 1 fully saturated rings. The number of carbonyl (C=O) groups excluding carboxylic acids is 2. The predicted octanol–water partition coefficient (Wildman–Crippen LogP) is 5.80. The number of alkyl halides is 6. The van der Waals surface area contributed by atoms with Crippen molar-refractivity contribution in [2.24, 2.45) is 5.73 Å². The molecular weight excluding hydrogens is 602 g/mol. The van der Waals surface area contributed by atoms with Crippen LogP contribution < -0.4 is 11.1 Å². The van der Waals surface area contributed by atoms with Crippen LogP contribution in [0, 0.1) is 6.92 Å². The quantitative estimate of drug-likeness (QED) is 0.230. The summed E-state index contributed by atoms with van der Waals surface area (Å²) in [6.45, 7) is 3.85. The summed E-state index contributed by atoms with van der Waals surface area (Å²) in [4.78, 5) is 33.5. The number of rotatable bonds is 6. The highest BCUT2D eigenvalue weighted by molar-refractivity contribution is 7.21. The van der Waals surface area contributed by atoms with Gasteiger partial charge in [-0.15, -0.1) is 11.3 Å². The third kappa shape index (κ3) is 4.86. The number of nitrogens with zero attached hydrogens (tertiary/aromatic N) is 6. The van der Waals surface area contributed by atoms with Gasteiger partial charge in [0.15, 0.2) is 5.65 Å². The van der Waals surface area contributed by atoms with E-state index in [4.69, 9.17) is 5.73 Å². The molecule has 1 aliphatic rings. The van der Waals surface area contributed by atoms with Gasteiger partial charge in [0, 0.05) is 34.8 Å². The third-order valence-corrected chi connectivity index (χ3v) is 8.23. The van der Waals surface area contributed by atoms with Crippen LogP contribution in [0.4, 0.5) is 32.0 Å². The van der Waals surface area contributed by atoms with Crippen molar-refractivity contribution < 1.29 is 35.9 Å². The summed E-state index contributed by atoms with van der Waals surface area (Å²) >= 11 is 0.540. The largest absolute Gasteiger partial charge is 0.433 e. The number of aromatic nitrogens is 6. The van der Waals surface area contributed by atoms with E-state index < -0.39 is 35.6 Å². The second kappa shape index (κ2) is 9.75. The predicted molar refractivity (Wildman–Crippen MR) is 143 cm³/mol. The molecule has 10 nitrogen and oxygen atoms in total. The maximum Gasteiger partial charge on any atom is 0.433 e. The molecule has 3 N–H and O–H groups in total. The highest BCUT2D eigenvalue weighted by Gasteiger charge is 2.39. The Hall–Kier alpha value is -4.54. The van der Waals surface area contributed by atoms with Crippen molar-refractivity contribution in [1.29, 1.82) is 0 Å². The Kier molecular flexibility index (Phi) is 6.48. The number of nitrogens with two attached hydrogens (primary N) is 1. The Balaban J connectivity index is 1.55. The molecule has 0 unspecified atom stereocenters. The molecule has 17 heteroatoms. The lowest BCUT2D eigenvalue weighted by atomic mass is 10.0. The molecule has 1 aliphatic carbocycles. The van der Waals surface area contributed by atoms with E-state index in [9.17, 15) is 35.9 Å². The van der Waals surface area contributed by atoms with Crippen LogP contribution in [0.3, 0.4) is 0 Å². The molecule has 2 amide bonds. The fourth-order valence-corrected chi connectivity index (χ4v) is 5.90. The van der Waals surface area contributed by atoms with Gasteiger partial charge in [0.05, 0.1) is 18.1 Å². The second-order valence-corrected chi connectivity index (χ2v) is 10.9. The zero-order chi connectivity index (χ0) is 31.0. The first-order valence-corrected chi connectivity index (χ1v) is 13.6. The van der Waals surface area contributed by atoms with Crippen molar-refractivity contribution in [3.63, 3.8) is 0 Å². The highest BCUT2D eigenvalue weighted by Crippen LogP contribution is 2.45. The first kappa shape index (κ1) is 28.6. The number of hydrogen-bond acceptors (Lipinski definition) is 7. The number of primary amides is 1. The second-order valence-electron chi connectivity index (χ2n) is 9.95. The zero-order valence-electron chi connectivity index (χ0n) is 22.3. The average Bonchev–Trinajstić information content (AvgIpc) is 3.43. The van der Waals surface area contributed by atoms with Crippen LogP contribution in [0.5, 0.6) is 0 Å². The molecule has 0 bridgehead atoms. The number of pyridine rings is 1. The van der Waals surface area contributed by atoms with Crippen molar-refractivity contribution in [1.82, 2.24) is 29.4 Å². The van der Waals surface area contributed by atoms with Gasteiger partial charge in [-0.25, -0.2) is 14.5 Å². The summed E-state index contributed by atoms with van der Waals surface area (Å²) in [5, 5.41) is 10.4. The molecule has 0 radical (unpaired) electrons. The molecule has 0 aliphatic heterocycles. The van der Waals surface area contributed by atoms with Gasteiger partial charge < -0.3 is 11.1 Å². The molecule has 0 aromatic carbocycles. The van der Waals surface area contributed by atoms with E-state index in [0.29, 0.717) is 40.9 Å². The van der Waals surface area contributed by atoms with Crippen LogP contribution in [0.25, 0.3) is 27.0 Å². The lowest BCUT2D eigenvalue weighted by Gasteiger charge is -2.13. The van der Waals surface area contributed by atoms with Gasteiger partial charge in [-0.2, -0.15) is 36.5 Å². The lowest BCUT2D eigenvalue weighted by Crippen LogP contribution is -2.18. The molecule has 0 spiro atoms. The fourth-order valence-electron chi connectivity index (χ4n) is 4.89. The molecule has 5 aromatic rings. The van der Waals surface area contributed by atoms with Crippen molar-refractivity contribution in [3.05, 3.63) is 57.7 Å². The number of carbonyl (C=O) groups is 2. The van der Waals surface area contributed by atoms with Gasteiger partial charge in [-0.3, -0.25) is 14.3 Å². The first-order chi connectivity index (χ1) is 20.2. The summed E-state index contributed by atoms with van der Waals surface area (Å²) < 4.78 is 85.2. The highest BCUT2D eigenvalue weighted by atomic mass is 32.1. The molecule has 5 aromatic heterocycles. The van der Waals surface area contributed by atoms with Crippen LogP contribution in [0.2, 0.25) is 0 Å². The van der Waals surface area contributed by atoms with Crippen LogP contribution in [0.15, 0.2) is 24.5 Å². The molecule has 0 atom stereocenters. The van der Waals surface area contributed by atoms with E-state index >= 15 is 0 Å². The number of halogens is 6. The molecule has 5 heterocycles. The van der Waals surface area contributed by atoms with Crippen molar-refractivity contribution in [2.75, 3.05) is 5.32 Å². The maximum absolute atomic E-state index is 13.9. The molecule has 43 heavy (non-hydrogen) atoms. The number of amides is 2. The molecule has 0 saturated heterocycles. The zero-order valence-corrected chi connectivity index (χ0v) is 23.1. The summed E-state index contributed by atoms with van der Waals surface area (Å²) in [5.41, 5.74) is 3.16. The topological polar surface area (TPSA) is 133 Å². The SMILES string of the molecule is CCn1ncc(-c2cc(C(F)(F)F)nc3sc(C(N)=O)c(NC(=O)c4cnn5c(C(F)(F)F)cc(C6CC6)nc45)c23)c1C. The monoisotopic (exact) mass is 622 g/mol. The van der Waals surface area contributed by atoms with Gasteiger partial charge in [0.1, 0.15) is 26.7 Å². The Morgan fingerprint density at radius 1 is 1.05 bits per heavy atom. The number of fused-ring (bicyclic) bond motifs is 2. The number of hydrogen-bond donors (Lipinski definition) is 2. The smallest absolute Gasteiger partial charge is 0.365 e. The molecular formula is C26H20F6N8O2S. The Bertz CT molecular complexity index is 1950. The Morgan fingerprint density at radius 2 is 1.77 bits per heavy atom. The minimum absolute atomic E-state index is 0.0158. The average molecular weight is 623 g/mol. The van der Waals surface area contributed by atoms with E-state index in [-0.39, 0.29) is 54.7 Å². The number of thiophene rings is 1. The number of anilines is 1. The minimum Gasteiger partial charge on any atom is -0.365 e. The Labute approximate surface area is 241 Å². The van der Waals surface area contributed by atoms with Crippen molar-refractivity contribution in [3.8, 4) is 11.1 Å². The van der Waals surface area contributed by atoms with Gasteiger partial charge >= 0.3 is 12.4 Å². The van der Waals surface area contributed by atoms with E-state index in [2.05, 4.69) is 25.5 Å². The van der Waals surface area contributed by atoms with E-state index in [1.54, 1.807) is 18.5 Å². The molecule has 1 saturated carbocycles. The van der Waals surface area contributed by atoms with Gasteiger partial charge in [0.25, 0.3) is 11.8 Å². The van der Waals surface area contributed by atoms with E-state index in [0.717, 1.165) is 18.3 Å². The van der Waals surface area contributed by atoms with Gasteiger partial charge in [-0.05, 0) is 44.4 Å². The summed E-state index contributed by atoms with van der Waals surface area (Å²) in [5.74, 6) is -2.26. The van der Waals surface area contributed by atoms with Crippen LogP contribution in [-0.2, 0) is 18.9 Å². The normalized spacial score (nSPS) is 14.1. The standard InChI is InChI=1S/C26H20F6N8O2S/c1-3-39-10(2)13(8-34-39)12-6-16(25(27,28)29)37-24-18(12)19(20(43-24)21(33)41)38-23(42)14-9-35-40-17(26(30,31)32)7-15(11-4-5-11)36-22(14)40/h6-9,11H,3-5H2,1-2H3,(H2,33,41)(H,38,42). The minimum atomic E-state index is -4.85. The van der Waals surface area contributed by atoms with Crippen LogP contribution in [-0.4, -0.2) is 41.2 Å². The number of nitrogens with one attached hydrogen (secondary N) is 1. The molecule has 6 rings (SSSR count). The van der Waals surface area contributed by atoms with Crippen LogP contribution in [0.1, 0.15) is 68.5 Å². The summed E-state index contributed by atoms with van der Waals surface area (Å²) in [6.07, 6.45) is -6.11. The fraction of sp³-hybridized carbons (Fsp3) is 0.308. The van der Waals surface area contributed by atoms with Crippen molar-refractivity contribution >= 4 is 44.7 Å². The summed E-state index contributed by atoms with van der Waals surface area (Å²) in [7, 11) is 0. The van der Waals surface area contributed by atoms with Gasteiger partial charge in [-0.1, -0.05) is 0 Å². The summed E-state index contributed by atoms with van der Waals surface area (Å²) in [6, 6.07) is 1.68. The van der Waals surface area contributed by atoms with E-state index in [1.807, 2.05) is 0 Å². The van der Waals surface area contributed by atoms with Crippen molar-refractivity contribution in [2.45, 2.75) is 51.5 Å². The third-order valence-electron chi connectivity index (χ3n) is 7.13. The van der Waals surface area contributed by atoms with E-state index in [1.165, 1.54) is 6.20 Å². The first-order valence-electron chi connectivity index (χ1n) is 12.8. The number of aryl methyl sites for hydroxylation is 1.